The molecule has 0 spiro atoms. The smallest absolute Gasteiger partial charge is 0.0354 e. The van der Waals surface area contributed by atoms with Crippen LogP contribution in [0.4, 0.5) is 0 Å². The predicted molar refractivity (Wildman–Crippen MR) is 50.0 cm³/mol. The van der Waals surface area contributed by atoms with Crippen molar-refractivity contribution in [1.29, 1.82) is 0 Å². The molecule has 70 valence electrons. The molecule has 3 heteroatoms. The largest absolute Gasteiger partial charge is 0.329 e. The minimum atomic E-state index is 0.257. The van der Waals surface area contributed by atoms with Crippen LogP contribution in [0.2, 0.25) is 0 Å². The maximum atomic E-state index is 5.85. The summed E-state index contributed by atoms with van der Waals surface area (Å²) in [5.74, 6) is 0.793. The van der Waals surface area contributed by atoms with Gasteiger partial charge in [0.2, 0.25) is 0 Å². The molecule has 12 heavy (non-hydrogen) atoms. The van der Waals surface area contributed by atoms with Crippen molar-refractivity contribution < 1.29 is 0 Å². The van der Waals surface area contributed by atoms with E-state index < -0.39 is 0 Å². The van der Waals surface area contributed by atoms with Crippen LogP contribution in [0.5, 0.6) is 0 Å². The number of likely N-dealkylation sites (N-methyl/N-ethyl adjacent to an activating group) is 1. The molecular weight excluding hydrogens is 150 g/mol. The molecule has 2 aliphatic heterocycles. The van der Waals surface area contributed by atoms with Gasteiger partial charge in [-0.15, -0.1) is 0 Å². The van der Waals surface area contributed by atoms with Gasteiger partial charge < -0.3 is 16.0 Å². The van der Waals surface area contributed by atoms with Gasteiger partial charge in [0, 0.05) is 18.6 Å². The van der Waals surface area contributed by atoms with Gasteiger partial charge in [-0.1, -0.05) is 0 Å². The highest BCUT2D eigenvalue weighted by molar-refractivity contribution is 5.02. The average molecular weight is 169 g/mol. The molecule has 0 aromatic carbocycles. The maximum Gasteiger partial charge on any atom is 0.0354 e. The summed E-state index contributed by atoms with van der Waals surface area (Å²) < 4.78 is 0. The van der Waals surface area contributed by atoms with Crippen molar-refractivity contribution in [3.63, 3.8) is 0 Å². The van der Waals surface area contributed by atoms with Crippen LogP contribution in [-0.2, 0) is 0 Å². The molecule has 3 nitrogen and oxygen atoms in total. The summed E-state index contributed by atoms with van der Waals surface area (Å²) in [7, 11) is 2.06. The fraction of sp³-hybridized carbons (Fsp3) is 1.00. The van der Waals surface area contributed by atoms with Crippen molar-refractivity contribution in [2.45, 2.75) is 18.4 Å². The van der Waals surface area contributed by atoms with Crippen LogP contribution < -0.4 is 11.1 Å². The maximum absolute atomic E-state index is 5.85. The van der Waals surface area contributed by atoms with Crippen molar-refractivity contribution in [1.82, 2.24) is 10.2 Å². The monoisotopic (exact) mass is 169 g/mol. The van der Waals surface area contributed by atoms with E-state index in [2.05, 4.69) is 17.3 Å². The Morgan fingerprint density at radius 2 is 2.42 bits per heavy atom. The van der Waals surface area contributed by atoms with E-state index in [9.17, 15) is 0 Å². The molecule has 0 aliphatic carbocycles. The Labute approximate surface area is 74.3 Å². The van der Waals surface area contributed by atoms with Crippen molar-refractivity contribution >= 4 is 0 Å². The molecular formula is C9H19N3. The Hall–Kier alpha value is -0.120. The van der Waals surface area contributed by atoms with Crippen molar-refractivity contribution in [2.24, 2.45) is 11.7 Å². The second kappa shape index (κ2) is 2.98. The minimum Gasteiger partial charge on any atom is -0.329 e. The lowest BCUT2D eigenvalue weighted by Crippen LogP contribution is -2.59. The van der Waals surface area contributed by atoms with Crippen LogP contribution in [-0.4, -0.2) is 43.7 Å². The highest BCUT2D eigenvalue weighted by Gasteiger charge is 2.43. The average Bonchev–Trinajstić information content (AvgIpc) is 2.52. The first-order valence-electron chi connectivity index (χ1n) is 4.92. The summed E-state index contributed by atoms with van der Waals surface area (Å²) in [6.45, 7) is 4.57. The Morgan fingerprint density at radius 3 is 3.08 bits per heavy atom. The van der Waals surface area contributed by atoms with Gasteiger partial charge in [-0.05, 0) is 38.9 Å². The molecule has 2 saturated heterocycles. The normalized spacial score (nSPS) is 46.5. The predicted octanol–water partition coefficient (Wildman–Crippen LogP) is -0.371. The topological polar surface area (TPSA) is 41.3 Å². The van der Waals surface area contributed by atoms with Crippen molar-refractivity contribution in [2.75, 3.05) is 33.2 Å². The molecule has 3 atom stereocenters. The third-order valence-electron chi connectivity index (χ3n) is 3.79. The zero-order valence-corrected chi connectivity index (χ0v) is 7.84. The van der Waals surface area contributed by atoms with Crippen molar-refractivity contribution in [3.05, 3.63) is 0 Å². The first-order chi connectivity index (χ1) is 5.80. The van der Waals surface area contributed by atoms with Crippen LogP contribution in [0.25, 0.3) is 0 Å². The molecule has 3 unspecified atom stereocenters. The number of fused-ring (bicyclic) bond motifs is 2. The van der Waals surface area contributed by atoms with E-state index in [1.54, 1.807) is 0 Å². The zero-order chi connectivity index (χ0) is 8.60. The summed E-state index contributed by atoms with van der Waals surface area (Å²) in [5.41, 5.74) is 6.11. The number of nitrogens with one attached hydrogen (secondary N) is 1. The fourth-order valence-corrected chi connectivity index (χ4v) is 2.75. The van der Waals surface area contributed by atoms with Crippen LogP contribution in [0.15, 0.2) is 0 Å². The van der Waals surface area contributed by atoms with Gasteiger partial charge in [0.1, 0.15) is 0 Å². The van der Waals surface area contributed by atoms with Gasteiger partial charge in [0.25, 0.3) is 0 Å². The van der Waals surface area contributed by atoms with Gasteiger partial charge in [0.15, 0.2) is 0 Å². The van der Waals surface area contributed by atoms with Gasteiger partial charge in [-0.2, -0.15) is 0 Å². The third-order valence-corrected chi connectivity index (χ3v) is 3.79. The molecule has 0 radical (unpaired) electrons. The van der Waals surface area contributed by atoms with E-state index in [1.165, 1.54) is 32.5 Å². The van der Waals surface area contributed by atoms with Crippen LogP contribution in [0, 0.1) is 5.92 Å². The molecule has 2 rings (SSSR count). The summed E-state index contributed by atoms with van der Waals surface area (Å²) >= 11 is 0. The Balaban J connectivity index is 2.13. The number of nitrogens with two attached hydrogens (primary N) is 1. The Morgan fingerprint density at radius 1 is 1.58 bits per heavy atom. The lowest BCUT2D eigenvalue weighted by Gasteiger charge is -2.42. The standard InChI is InChI=1S/C9H19N3/c1-11-9(7-10)3-5-12-4-2-8(9)6-12/h8,11H,2-7,10H2,1H3. The van der Waals surface area contributed by atoms with E-state index in [0.29, 0.717) is 0 Å². The highest BCUT2D eigenvalue weighted by atomic mass is 15.2. The second-order valence-electron chi connectivity index (χ2n) is 4.15. The molecule has 2 fully saturated rings. The van der Waals surface area contributed by atoms with Gasteiger partial charge in [-0.3, -0.25) is 0 Å². The highest BCUT2D eigenvalue weighted by Crippen LogP contribution is 2.34. The van der Waals surface area contributed by atoms with E-state index >= 15 is 0 Å². The molecule has 3 N–H and O–H groups in total. The molecule has 0 saturated carbocycles. The Kier molecular flexibility index (Phi) is 2.10. The SMILES string of the molecule is CNC1(CN)CCN2CCC1C2. The zero-order valence-electron chi connectivity index (χ0n) is 7.84. The Bertz CT molecular complexity index is 165. The van der Waals surface area contributed by atoms with E-state index in [-0.39, 0.29) is 5.54 Å². The second-order valence-corrected chi connectivity index (χ2v) is 4.15. The van der Waals surface area contributed by atoms with Crippen LogP contribution in [0.1, 0.15) is 12.8 Å². The van der Waals surface area contributed by atoms with Gasteiger partial charge >= 0.3 is 0 Å². The summed E-state index contributed by atoms with van der Waals surface area (Å²) in [5, 5.41) is 3.44. The summed E-state index contributed by atoms with van der Waals surface area (Å²) in [4.78, 5) is 2.55. The number of nitrogens with zero attached hydrogens (tertiary/aromatic N) is 1. The molecule has 2 aliphatic rings. The third kappa shape index (κ3) is 1.08. The molecule has 0 aromatic rings. The number of rotatable bonds is 2. The molecule has 2 heterocycles. The summed E-state index contributed by atoms with van der Waals surface area (Å²) in [6.07, 6.45) is 2.56. The van der Waals surface area contributed by atoms with E-state index in [4.69, 9.17) is 5.73 Å². The van der Waals surface area contributed by atoms with E-state index in [0.717, 1.165) is 12.5 Å². The lowest BCUT2D eigenvalue weighted by atomic mass is 9.79. The fourth-order valence-electron chi connectivity index (χ4n) is 2.75. The van der Waals surface area contributed by atoms with Crippen molar-refractivity contribution in [3.8, 4) is 0 Å². The number of hydrogen-bond acceptors (Lipinski definition) is 3. The molecule has 2 bridgehead atoms. The summed E-state index contributed by atoms with van der Waals surface area (Å²) in [6, 6.07) is 0. The lowest BCUT2D eigenvalue weighted by molar-refractivity contribution is 0.145. The first-order valence-corrected chi connectivity index (χ1v) is 4.92. The molecule has 0 amide bonds. The first kappa shape index (κ1) is 8.48. The number of hydrogen-bond donors (Lipinski definition) is 2. The quantitative estimate of drug-likeness (QED) is 0.592. The van der Waals surface area contributed by atoms with E-state index in [1.807, 2.05) is 0 Å². The number of piperidine rings is 1. The van der Waals surface area contributed by atoms with Gasteiger partial charge in [0.05, 0.1) is 0 Å². The minimum absolute atomic E-state index is 0.257. The van der Waals surface area contributed by atoms with Crippen LogP contribution >= 0.6 is 0 Å². The molecule has 0 aromatic heterocycles. The van der Waals surface area contributed by atoms with Crippen LogP contribution in [0.3, 0.4) is 0 Å². The van der Waals surface area contributed by atoms with Gasteiger partial charge in [-0.25, -0.2) is 0 Å².